The molecule has 3 amide bonds. The molecule has 0 aliphatic heterocycles. The molecule has 0 radical (unpaired) electrons. The average molecular weight is 605 g/mol. The SMILES string of the molecule is C[C@H](NC(=O)[C@H](C)N[C@H](CCc1ccccc1)C(=O)O)C(=O)N[C@@H](Cc1ccc(O)cc1)C(=O)Nc1ccc(C(=O)O)cc1. The lowest BCUT2D eigenvalue weighted by Gasteiger charge is -2.24. The maximum absolute atomic E-state index is 13.2. The van der Waals surface area contributed by atoms with Gasteiger partial charge in [0.1, 0.15) is 23.9 Å². The molecule has 0 aliphatic rings. The first-order valence-electron chi connectivity index (χ1n) is 14.0. The van der Waals surface area contributed by atoms with Crippen LogP contribution < -0.4 is 21.3 Å². The number of carboxylic acids is 2. The first-order chi connectivity index (χ1) is 20.9. The van der Waals surface area contributed by atoms with Gasteiger partial charge in [0.2, 0.25) is 17.7 Å². The minimum atomic E-state index is -1.12. The van der Waals surface area contributed by atoms with Crippen LogP contribution in [0.2, 0.25) is 0 Å². The number of amides is 3. The number of anilines is 1. The largest absolute Gasteiger partial charge is 0.508 e. The number of aromatic hydroxyl groups is 1. The molecule has 0 saturated carbocycles. The predicted molar refractivity (Wildman–Crippen MR) is 162 cm³/mol. The van der Waals surface area contributed by atoms with Crippen molar-refractivity contribution >= 4 is 35.3 Å². The van der Waals surface area contributed by atoms with E-state index in [9.17, 15) is 34.2 Å². The highest BCUT2D eigenvalue weighted by Crippen LogP contribution is 2.14. The number of carbonyl (C=O) groups is 5. The van der Waals surface area contributed by atoms with Crippen molar-refractivity contribution in [1.29, 1.82) is 0 Å². The van der Waals surface area contributed by atoms with Crippen molar-refractivity contribution in [3.05, 3.63) is 95.6 Å². The number of carbonyl (C=O) groups excluding carboxylic acids is 3. The predicted octanol–water partition coefficient (Wildman–Crippen LogP) is 2.33. The zero-order chi connectivity index (χ0) is 32.2. The molecule has 0 saturated heterocycles. The van der Waals surface area contributed by atoms with E-state index in [1.54, 1.807) is 12.1 Å². The number of hydrogen-bond donors (Lipinski definition) is 7. The van der Waals surface area contributed by atoms with Gasteiger partial charge in [-0.15, -0.1) is 0 Å². The van der Waals surface area contributed by atoms with Crippen molar-refractivity contribution in [2.45, 2.75) is 57.3 Å². The molecular formula is C32H36N4O8. The maximum Gasteiger partial charge on any atom is 0.335 e. The second-order valence-electron chi connectivity index (χ2n) is 10.3. The molecule has 3 aromatic carbocycles. The summed E-state index contributed by atoms with van der Waals surface area (Å²) in [5.41, 5.74) is 1.95. The fourth-order valence-corrected chi connectivity index (χ4v) is 4.31. The molecule has 44 heavy (non-hydrogen) atoms. The van der Waals surface area contributed by atoms with Crippen LogP contribution in [0.25, 0.3) is 0 Å². The minimum Gasteiger partial charge on any atom is -0.508 e. The third kappa shape index (κ3) is 10.2. The summed E-state index contributed by atoms with van der Waals surface area (Å²) in [4.78, 5) is 62.1. The molecule has 0 fully saturated rings. The number of nitrogens with one attached hydrogen (secondary N) is 4. The summed E-state index contributed by atoms with van der Waals surface area (Å²) < 4.78 is 0. The van der Waals surface area contributed by atoms with Gasteiger partial charge in [0.15, 0.2) is 0 Å². The van der Waals surface area contributed by atoms with Crippen LogP contribution in [0.1, 0.15) is 41.8 Å². The molecule has 0 bridgehead atoms. The Hall–Kier alpha value is -5.23. The number of rotatable bonds is 15. The van der Waals surface area contributed by atoms with Crippen LogP contribution in [0, 0.1) is 0 Å². The Labute approximate surface area is 254 Å². The average Bonchev–Trinajstić information content (AvgIpc) is 3.00. The van der Waals surface area contributed by atoms with E-state index in [1.807, 2.05) is 30.3 Å². The Balaban J connectivity index is 1.63. The van der Waals surface area contributed by atoms with Gasteiger partial charge in [-0.1, -0.05) is 42.5 Å². The van der Waals surface area contributed by atoms with Crippen LogP contribution in [0.5, 0.6) is 5.75 Å². The first-order valence-corrected chi connectivity index (χ1v) is 14.0. The van der Waals surface area contributed by atoms with Crippen molar-refractivity contribution in [1.82, 2.24) is 16.0 Å². The monoisotopic (exact) mass is 604 g/mol. The van der Waals surface area contributed by atoms with Crippen molar-refractivity contribution in [3.8, 4) is 5.75 Å². The van der Waals surface area contributed by atoms with Crippen LogP contribution in [-0.2, 0) is 32.0 Å². The topological polar surface area (TPSA) is 194 Å². The summed E-state index contributed by atoms with van der Waals surface area (Å²) in [6.45, 7) is 2.93. The maximum atomic E-state index is 13.2. The van der Waals surface area contributed by atoms with E-state index in [-0.39, 0.29) is 24.2 Å². The number of carboxylic acid groups (broad SMARTS) is 2. The number of aromatic carboxylic acids is 1. The third-order valence-electron chi connectivity index (χ3n) is 6.87. The van der Waals surface area contributed by atoms with E-state index in [1.165, 1.54) is 50.2 Å². The number of phenolic OH excluding ortho intramolecular Hbond substituents is 1. The van der Waals surface area contributed by atoms with Crippen LogP contribution in [-0.4, -0.2) is 69.1 Å². The molecule has 12 heteroatoms. The van der Waals surface area contributed by atoms with Gasteiger partial charge in [-0.25, -0.2) is 4.79 Å². The molecule has 0 spiro atoms. The van der Waals surface area contributed by atoms with Gasteiger partial charge >= 0.3 is 11.9 Å². The zero-order valence-corrected chi connectivity index (χ0v) is 24.3. The smallest absolute Gasteiger partial charge is 0.335 e. The van der Waals surface area contributed by atoms with E-state index in [2.05, 4.69) is 21.3 Å². The fraction of sp³-hybridized carbons (Fsp3) is 0.281. The number of hydrogen-bond acceptors (Lipinski definition) is 7. The van der Waals surface area contributed by atoms with Crippen molar-refractivity contribution in [2.24, 2.45) is 0 Å². The Morgan fingerprint density at radius 2 is 1.30 bits per heavy atom. The normalized spacial score (nSPS) is 13.5. The molecule has 3 aromatic rings. The molecule has 7 N–H and O–H groups in total. The highest BCUT2D eigenvalue weighted by molar-refractivity contribution is 5.99. The van der Waals surface area contributed by atoms with E-state index >= 15 is 0 Å². The summed E-state index contributed by atoms with van der Waals surface area (Å²) in [6, 6.07) is 16.8. The number of aliphatic carboxylic acids is 1. The van der Waals surface area contributed by atoms with Gasteiger partial charge in [-0.2, -0.15) is 0 Å². The van der Waals surface area contributed by atoms with Gasteiger partial charge in [-0.05, 0) is 74.2 Å². The van der Waals surface area contributed by atoms with Gasteiger partial charge in [0.05, 0.1) is 11.6 Å². The quantitative estimate of drug-likeness (QED) is 0.136. The fourth-order valence-electron chi connectivity index (χ4n) is 4.31. The second-order valence-corrected chi connectivity index (χ2v) is 10.3. The zero-order valence-electron chi connectivity index (χ0n) is 24.3. The standard InChI is InChI=1S/C32H36N4O8/c1-19(33-26(32(43)44)17-10-21-6-4-3-5-7-21)28(38)34-20(2)29(39)36-27(18-22-8-15-25(37)16-9-22)30(40)35-24-13-11-23(12-14-24)31(41)42/h3-9,11-16,19-20,26-27,33,37H,10,17-18H2,1-2H3,(H,34,38)(H,35,40)(H,36,39)(H,41,42)(H,43,44)/t19-,20-,26+,27-/m0/s1. The number of phenols is 1. The van der Waals surface area contributed by atoms with Gasteiger partial charge in [0, 0.05) is 12.1 Å². The lowest BCUT2D eigenvalue weighted by Crippen LogP contribution is -2.56. The van der Waals surface area contributed by atoms with Crippen molar-refractivity contribution < 1.29 is 39.3 Å². The van der Waals surface area contributed by atoms with Crippen molar-refractivity contribution in [3.63, 3.8) is 0 Å². The Kier molecular flexibility index (Phi) is 12.0. The van der Waals surface area contributed by atoms with E-state index < -0.39 is 53.8 Å². The van der Waals surface area contributed by atoms with Crippen LogP contribution in [0.4, 0.5) is 5.69 Å². The second kappa shape index (κ2) is 15.8. The van der Waals surface area contributed by atoms with E-state index in [0.29, 0.717) is 17.7 Å². The lowest BCUT2D eigenvalue weighted by molar-refractivity contribution is -0.140. The molecule has 0 aromatic heterocycles. The molecule has 4 atom stereocenters. The molecular weight excluding hydrogens is 568 g/mol. The van der Waals surface area contributed by atoms with Crippen LogP contribution >= 0.6 is 0 Å². The summed E-state index contributed by atoms with van der Waals surface area (Å²) in [7, 11) is 0. The lowest BCUT2D eigenvalue weighted by atomic mass is 10.0. The van der Waals surface area contributed by atoms with E-state index in [4.69, 9.17) is 5.11 Å². The summed E-state index contributed by atoms with van der Waals surface area (Å²) in [6.07, 6.45) is 0.789. The molecule has 12 nitrogen and oxygen atoms in total. The Morgan fingerprint density at radius 1 is 0.682 bits per heavy atom. The van der Waals surface area contributed by atoms with Crippen LogP contribution in [0.15, 0.2) is 78.9 Å². The van der Waals surface area contributed by atoms with Gasteiger partial charge in [0.25, 0.3) is 0 Å². The number of aryl methyl sites for hydroxylation is 1. The van der Waals surface area contributed by atoms with Crippen LogP contribution in [0.3, 0.4) is 0 Å². The molecule has 232 valence electrons. The molecule has 0 unspecified atom stereocenters. The summed E-state index contributed by atoms with van der Waals surface area (Å²) >= 11 is 0. The molecule has 0 heterocycles. The number of benzene rings is 3. The van der Waals surface area contributed by atoms with Crippen molar-refractivity contribution in [2.75, 3.05) is 5.32 Å². The highest BCUT2D eigenvalue weighted by atomic mass is 16.4. The Morgan fingerprint density at radius 3 is 1.89 bits per heavy atom. The summed E-state index contributed by atoms with van der Waals surface area (Å²) in [5.74, 6) is -4.05. The molecule has 0 aliphatic carbocycles. The third-order valence-corrected chi connectivity index (χ3v) is 6.87. The van der Waals surface area contributed by atoms with Gasteiger partial charge in [-0.3, -0.25) is 24.5 Å². The summed E-state index contributed by atoms with van der Waals surface area (Å²) in [5, 5.41) is 39.0. The van der Waals surface area contributed by atoms with Gasteiger partial charge < -0.3 is 31.3 Å². The Bertz CT molecular complexity index is 1450. The minimum absolute atomic E-state index is 0.0292. The highest BCUT2D eigenvalue weighted by Gasteiger charge is 2.28. The molecule has 3 rings (SSSR count). The first kappa shape index (κ1) is 33.3. The van der Waals surface area contributed by atoms with E-state index in [0.717, 1.165) is 5.56 Å².